The molecule has 0 aromatic heterocycles. The Morgan fingerprint density at radius 1 is 0.425 bits per heavy atom. The molecule has 0 aromatic carbocycles. The molecule has 0 aliphatic rings. The highest BCUT2D eigenvalue weighted by molar-refractivity contribution is 5.82. The highest BCUT2D eigenvalue weighted by Crippen LogP contribution is 2.13. The van der Waals surface area contributed by atoms with Gasteiger partial charge in [-0.25, -0.2) is 4.79 Å². The average Bonchev–Trinajstić information content (AvgIpc) is 2.96. The lowest BCUT2D eigenvalue weighted by molar-refractivity contribution is -0.137. The molecule has 0 atom stereocenters. The van der Waals surface area contributed by atoms with Gasteiger partial charge in [-0.2, -0.15) is 0 Å². The van der Waals surface area contributed by atoms with Crippen molar-refractivity contribution in [2.45, 2.75) is 194 Å². The molecule has 0 saturated heterocycles. The van der Waals surface area contributed by atoms with Crippen molar-refractivity contribution in [1.82, 2.24) is 0 Å². The van der Waals surface area contributed by atoms with Gasteiger partial charge in [-0.1, -0.05) is 179 Å². The van der Waals surface area contributed by atoms with E-state index < -0.39 is 0 Å². The van der Waals surface area contributed by atoms with E-state index in [0.717, 1.165) is 19.3 Å². The Morgan fingerprint density at radius 2 is 0.775 bits per heavy atom. The lowest BCUT2D eigenvalue weighted by Crippen LogP contribution is -2.02. The van der Waals surface area contributed by atoms with Crippen LogP contribution in [0.5, 0.6) is 0 Å². The van der Waals surface area contributed by atoms with Gasteiger partial charge in [0.2, 0.25) is 0 Å². The number of hydrogen-bond donors (Lipinski definition) is 0. The number of carbonyl (C=O) groups is 1. The van der Waals surface area contributed by atoms with E-state index in [4.69, 9.17) is 4.74 Å². The number of esters is 1. The second-order valence-corrected chi connectivity index (χ2v) is 11.9. The van der Waals surface area contributed by atoms with Crippen LogP contribution in [0.25, 0.3) is 0 Å². The third kappa shape index (κ3) is 34.7. The van der Waals surface area contributed by atoms with Crippen LogP contribution in [0.15, 0.2) is 36.5 Å². The van der Waals surface area contributed by atoms with Crippen LogP contribution < -0.4 is 0 Å². The van der Waals surface area contributed by atoms with E-state index in [0.29, 0.717) is 6.61 Å². The van der Waals surface area contributed by atoms with Gasteiger partial charge in [-0.05, 0) is 44.9 Å². The van der Waals surface area contributed by atoms with Gasteiger partial charge in [0.15, 0.2) is 0 Å². The van der Waals surface area contributed by atoms with Gasteiger partial charge in [0.25, 0.3) is 0 Å². The minimum Gasteiger partial charge on any atom is -0.463 e. The summed E-state index contributed by atoms with van der Waals surface area (Å²) in [6.07, 6.45) is 49.6. The van der Waals surface area contributed by atoms with Gasteiger partial charge < -0.3 is 4.74 Å². The predicted molar refractivity (Wildman–Crippen MR) is 179 cm³/mol. The third-order valence-corrected chi connectivity index (χ3v) is 7.85. The summed E-state index contributed by atoms with van der Waals surface area (Å²) in [6, 6.07) is 0. The number of unbranched alkanes of at least 4 members (excludes halogenated alkanes) is 25. The summed E-state index contributed by atoms with van der Waals surface area (Å²) in [7, 11) is 0. The molecule has 0 saturated carbocycles. The van der Waals surface area contributed by atoms with Crippen molar-refractivity contribution in [1.29, 1.82) is 0 Å². The van der Waals surface area contributed by atoms with Gasteiger partial charge in [-0.15, -0.1) is 0 Å². The Labute approximate surface area is 251 Å². The van der Waals surface area contributed by atoms with Crippen molar-refractivity contribution in [3.63, 3.8) is 0 Å². The Kier molecular flexibility index (Phi) is 34.5. The smallest absolute Gasteiger partial charge is 0.330 e. The maximum absolute atomic E-state index is 11.8. The van der Waals surface area contributed by atoms with Crippen molar-refractivity contribution < 1.29 is 9.53 Å². The maximum Gasteiger partial charge on any atom is 0.330 e. The van der Waals surface area contributed by atoms with Gasteiger partial charge in [0.05, 0.1) is 6.61 Å². The number of allylic oxidation sites excluding steroid dienone is 5. The number of carbonyl (C=O) groups excluding carboxylic acids is 1. The van der Waals surface area contributed by atoms with Crippen LogP contribution in [0.2, 0.25) is 0 Å². The fourth-order valence-electron chi connectivity index (χ4n) is 5.16. The van der Waals surface area contributed by atoms with E-state index in [-0.39, 0.29) is 5.97 Å². The van der Waals surface area contributed by atoms with Crippen LogP contribution in [-0.2, 0) is 9.53 Å². The standard InChI is InChI=1S/C38H70O2/c1-3-5-7-9-11-13-15-17-19-21-22-24-26-28-30-32-34-36-38(39)40-37-35-33-31-29-27-25-23-20-18-16-14-12-10-8-6-4-2/h18,20,30,32,34,36H,3-17,19,21-29,31,33,35,37H2,1-2H3/b20-18+,32-30?,36-34?. The van der Waals surface area contributed by atoms with Crippen LogP contribution in [0.4, 0.5) is 0 Å². The summed E-state index contributed by atoms with van der Waals surface area (Å²) in [5.74, 6) is -0.210. The molecular weight excluding hydrogens is 488 g/mol. The van der Waals surface area contributed by atoms with E-state index in [9.17, 15) is 4.79 Å². The molecule has 0 spiro atoms. The van der Waals surface area contributed by atoms with Gasteiger partial charge >= 0.3 is 5.97 Å². The SMILES string of the molecule is CCCCCCCC/C=C/CCCCCCCCOC(=O)C=CC=CCCCCCCCCCCCCCCC. The average molecular weight is 559 g/mol. The lowest BCUT2D eigenvalue weighted by Gasteiger charge is -2.02. The molecule has 0 amide bonds. The van der Waals surface area contributed by atoms with E-state index in [2.05, 4.69) is 32.1 Å². The van der Waals surface area contributed by atoms with Gasteiger partial charge in [-0.3, -0.25) is 0 Å². The molecule has 0 rings (SSSR count). The molecule has 40 heavy (non-hydrogen) atoms. The van der Waals surface area contributed by atoms with E-state index >= 15 is 0 Å². The molecule has 0 heterocycles. The van der Waals surface area contributed by atoms with Crippen LogP contribution in [0.3, 0.4) is 0 Å². The van der Waals surface area contributed by atoms with E-state index in [1.54, 1.807) is 6.08 Å². The van der Waals surface area contributed by atoms with Crippen molar-refractivity contribution in [2.24, 2.45) is 0 Å². The Bertz CT molecular complexity index is 574. The van der Waals surface area contributed by atoms with E-state index in [1.165, 1.54) is 161 Å². The zero-order chi connectivity index (χ0) is 29.0. The lowest BCUT2D eigenvalue weighted by atomic mass is 10.0. The number of ether oxygens (including phenoxy) is 1. The fraction of sp³-hybridized carbons (Fsp3) is 0.816. The summed E-state index contributed by atoms with van der Waals surface area (Å²) in [5.41, 5.74) is 0. The molecule has 0 aliphatic carbocycles. The molecule has 2 nitrogen and oxygen atoms in total. The Hall–Kier alpha value is -1.31. The largest absolute Gasteiger partial charge is 0.463 e. The molecule has 2 heteroatoms. The molecule has 0 aliphatic heterocycles. The molecule has 234 valence electrons. The second-order valence-electron chi connectivity index (χ2n) is 11.9. The molecule has 0 aromatic rings. The van der Waals surface area contributed by atoms with Crippen molar-refractivity contribution in [2.75, 3.05) is 6.61 Å². The van der Waals surface area contributed by atoms with Crippen molar-refractivity contribution in [3.8, 4) is 0 Å². The summed E-state index contributed by atoms with van der Waals surface area (Å²) in [4.78, 5) is 11.8. The van der Waals surface area contributed by atoms with Gasteiger partial charge in [0, 0.05) is 6.08 Å². The topological polar surface area (TPSA) is 26.3 Å². The molecule has 0 N–H and O–H groups in total. The number of hydrogen-bond acceptors (Lipinski definition) is 2. The van der Waals surface area contributed by atoms with Crippen LogP contribution >= 0.6 is 0 Å². The van der Waals surface area contributed by atoms with Crippen LogP contribution in [0.1, 0.15) is 194 Å². The van der Waals surface area contributed by atoms with Gasteiger partial charge in [0.1, 0.15) is 0 Å². The van der Waals surface area contributed by atoms with E-state index in [1.807, 2.05) is 12.2 Å². The first-order chi connectivity index (χ1) is 19.8. The minimum atomic E-state index is -0.210. The molecule has 0 unspecified atom stereocenters. The monoisotopic (exact) mass is 559 g/mol. The third-order valence-electron chi connectivity index (χ3n) is 7.85. The predicted octanol–water partition coefficient (Wildman–Crippen LogP) is 13.2. The van der Waals surface area contributed by atoms with Crippen LogP contribution in [-0.4, -0.2) is 12.6 Å². The molecule has 0 radical (unpaired) electrons. The summed E-state index contributed by atoms with van der Waals surface area (Å²) in [6.45, 7) is 5.11. The first kappa shape index (κ1) is 38.7. The zero-order valence-corrected chi connectivity index (χ0v) is 27.3. The summed E-state index contributed by atoms with van der Waals surface area (Å²) < 4.78 is 5.32. The van der Waals surface area contributed by atoms with Crippen molar-refractivity contribution >= 4 is 5.97 Å². The first-order valence-corrected chi connectivity index (χ1v) is 18.0. The summed E-state index contributed by atoms with van der Waals surface area (Å²) >= 11 is 0. The molecule has 0 fully saturated rings. The zero-order valence-electron chi connectivity index (χ0n) is 27.3. The van der Waals surface area contributed by atoms with Crippen LogP contribution in [0, 0.1) is 0 Å². The second kappa shape index (κ2) is 35.7. The summed E-state index contributed by atoms with van der Waals surface area (Å²) in [5, 5.41) is 0. The molecular formula is C38H70O2. The first-order valence-electron chi connectivity index (χ1n) is 18.0. The Morgan fingerprint density at radius 3 is 1.20 bits per heavy atom. The molecule has 0 bridgehead atoms. The number of rotatable bonds is 32. The van der Waals surface area contributed by atoms with Crippen molar-refractivity contribution in [3.05, 3.63) is 36.5 Å². The fourth-order valence-corrected chi connectivity index (χ4v) is 5.16. The highest BCUT2D eigenvalue weighted by Gasteiger charge is 1.97. The minimum absolute atomic E-state index is 0.210. The quantitative estimate of drug-likeness (QED) is 0.0270. The Balaban J connectivity index is 3.32. The highest BCUT2D eigenvalue weighted by atomic mass is 16.5. The normalized spacial score (nSPS) is 11.9. The maximum atomic E-state index is 11.8.